The van der Waals surface area contributed by atoms with Crippen LogP contribution in [0.15, 0.2) is 12.1 Å². The van der Waals surface area contributed by atoms with Crippen molar-refractivity contribution < 1.29 is 18.7 Å². The first-order chi connectivity index (χ1) is 7.51. The van der Waals surface area contributed by atoms with Crippen molar-refractivity contribution in [1.82, 2.24) is 0 Å². The lowest BCUT2D eigenvalue weighted by atomic mass is 9.99. The molecule has 0 aromatic heterocycles. The molecule has 0 atom stereocenters. The standard InChI is InChI=1S/C10H6BrF2NO2/c11-3-6-1-5(4-14)2-7(9(12)13)8(6)10(15)16/h1-2,9H,3H2,(H,15,16). The highest BCUT2D eigenvalue weighted by molar-refractivity contribution is 9.08. The van der Waals surface area contributed by atoms with Crippen molar-refractivity contribution in [2.75, 3.05) is 0 Å². The molecule has 0 spiro atoms. The predicted molar refractivity (Wildman–Crippen MR) is 55.7 cm³/mol. The summed E-state index contributed by atoms with van der Waals surface area (Å²) >= 11 is 3.01. The van der Waals surface area contributed by atoms with E-state index in [1.165, 1.54) is 6.07 Å². The van der Waals surface area contributed by atoms with Gasteiger partial charge in [-0.1, -0.05) is 15.9 Å². The first-order valence-corrected chi connectivity index (χ1v) is 5.27. The number of nitriles is 1. The van der Waals surface area contributed by atoms with Crippen LogP contribution in [0.3, 0.4) is 0 Å². The van der Waals surface area contributed by atoms with Crippen molar-refractivity contribution in [2.24, 2.45) is 0 Å². The lowest BCUT2D eigenvalue weighted by Crippen LogP contribution is -2.07. The van der Waals surface area contributed by atoms with Crippen LogP contribution in [-0.4, -0.2) is 11.1 Å². The van der Waals surface area contributed by atoms with E-state index < -0.39 is 23.5 Å². The maximum atomic E-state index is 12.6. The van der Waals surface area contributed by atoms with Gasteiger partial charge in [-0.3, -0.25) is 0 Å². The van der Waals surface area contributed by atoms with Crippen LogP contribution in [0.5, 0.6) is 0 Å². The summed E-state index contributed by atoms with van der Waals surface area (Å²) in [5, 5.41) is 17.6. The minimum atomic E-state index is -2.92. The van der Waals surface area contributed by atoms with Crippen molar-refractivity contribution >= 4 is 21.9 Å². The van der Waals surface area contributed by atoms with Crippen LogP contribution >= 0.6 is 15.9 Å². The van der Waals surface area contributed by atoms with Crippen LogP contribution in [0.1, 0.15) is 33.5 Å². The van der Waals surface area contributed by atoms with Crippen molar-refractivity contribution in [3.05, 3.63) is 34.4 Å². The number of carbonyl (C=O) groups is 1. The van der Waals surface area contributed by atoms with Gasteiger partial charge in [0.25, 0.3) is 6.43 Å². The van der Waals surface area contributed by atoms with Gasteiger partial charge in [-0.25, -0.2) is 13.6 Å². The van der Waals surface area contributed by atoms with Crippen LogP contribution in [0, 0.1) is 11.3 Å². The summed E-state index contributed by atoms with van der Waals surface area (Å²) in [6.45, 7) is 0. The Morgan fingerprint density at radius 3 is 2.56 bits per heavy atom. The number of alkyl halides is 3. The number of benzene rings is 1. The van der Waals surface area contributed by atoms with Gasteiger partial charge in [-0.05, 0) is 17.7 Å². The molecule has 0 aliphatic heterocycles. The van der Waals surface area contributed by atoms with Crippen LogP contribution < -0.4 is 0 Å². The normalized spacial score (nSPS) is 10.2. The molecule has 0 aliphatic carbocycles. The molecule has 0 unspecified atom stereocenters. The molecule has 3 nitrogen and oxygen atoms in total. The first kappa shape index (κ1) is 12.6. The fraction of sp³-hybridized carbons (Fsp3) is 0.200. The maximum Gasteiger partial charge on any atom is 0.336 e. The topological polar surface area (TPSA) is 61.1 Å². The van der Waals surface area contributed by atoms with E-state index in [0.29, 0.717) is 0 Å². The molecule has 6 heteroatoms. The molecule has 0 aliphatic rings. The molecule has 1 N–H and O–H groups in total. The molecule has 0 heterocycles. The molecule has 1 rings (SSSR count). The first-order valence-electron chi connectivity index (χ1n) is 4.15. The summed E-state index contributed by atoms with van der Waals surface area (Å²) in [6.07, 6.45) is -2.92. The monoisotopic (exact) mass is 289 g/mol. The van der Waals surface area contributed by atoms with Crippen LogP contribution in [0.25, 0.3) is 0 Å². The van der Waals surface area contributed by atoms with Gasteiger partial charge >= 0.3 is 5.97 Å². The number of rotatable bonds is 3. The van der Waals surface area contributed by atoms with E-state index in [1.54, 1.807) is 6.07 Å². The summed E-state index contributed by atoms with van der Waals surface area (Å²) < 4.78 is 25.3. The summed E-state index contributed by atoms with van der Waals surface area (Å²) in [7, 11) is 0. The summed E-state index contributed by atoms with van der Waals surface area (Å²) in [5.41, 5.74) is -0.872. The fourth-order valence-electron chi connectivity index (χ4n) is 1.33. The second kappa shape index (κ2) is 5.03. The number of carboxylic acid groups (broad SMARTS) is 1. The van der Waals surface area contributed by atoms with E-state index in [4.69, 9.17) is 10.4 Å². The quantitative estimate of drug-likeness (QED) is 0.870. The van der Waals surface area contributed by atoms with E-state index in [-0.39, 0.29) is 16.5 Å². The highest BCUT2D eigenvalue weighted by Crippen LogP contribution is 2.28. The third-order valence-corrected chi connectivity index (χ3v) is 2.58. The Hall–Kier alpha value is -1.48. The number of hydrogen-bond acceptors (Lipinski definition) is 2. The molecular weight excluding hydrogens is 284 g/mol. The average Bonchev–Trinajstić information content (AvgIpc) is 2.26. The Kier molecular flexibility index (Phi) is 3.96. The van der Waals surface area contributed by atoms with Crippen molar-refractivity contribution in [3.63, 3.8) is 0 Å². The van der Waals surface area contributed by atoms with Gasteiger partial charge in [0.05, 0.1) is 17.2 Å². The number of halogens is 3. The number of nitrogens with zero attached hydrogens (tertiary/aromatic N) is 1. The highest BCUT2D eigenvalue weighted by Gasteiger charge is 2.22. The maximum absolute atomic E-state index is 12.6. The number of carboxylic acids is 1. The lowest BCUT2D eigenvalue weighted by molar-refractivity contribution is 0.0683. The van der Waals surface area contributed by atoms with Gasteiger partial charge < -0.3 is 5.11 Å². The zero-order chi connectivity index (χ0) is 12.3. The van der Waals surface area contributed by atoms with Gasteiger partial charge in [0.1, 0.15) is 0 Å². The molecule has 16 heavy (non-hydrogen) atoms. The van der Waals surface area contributed by atoms with E-state index >= 15 is 0 Å². The van der Waals surface area contributed by atoms with Crippen LogP contribution in [0.2, 0.25) is 0 Å². The molecular formula is C10H6BrF2NO2. The van der Waals surface area contributed by atoms with E-state index in [9.17, 15) is 13.6 Å². The Bertz CT molecular complexity index is 469. The highest BCUT2D eigenvalue weighted by atomic mass is 79.9. The third kappa shape index (κ3) is 2.36. The third-order valence-electron chi connectivity index (χ3n) is 1.97. The summed E-state index contributed by atoms with van der Waals surface area (Å²) in [4.78, 5) is 10.9. The Morgan fingerprint density at radius 2 is 2.19 bits per heavy atom. The predicted octanol–water partition coefficient (Wildman–Crippen LogP) is 3.09. The van der Waals surface area contributed by atoms with Crippen molar-refractivity contribution in [2.45, 2.75) is 11.8 Å². The molecule has 0 amide bonds. The van der Waals surface area contributed by atoms with Gasteiger partial charge in [-0.2, -0.15) is 5.26 Å². The fourth-order valence-corrected chi connectivity index (χ4v) is 1.77. The second-order valence-corrected chi connectivity index (χ2v) is 3.51. The van der Waals surface area contributed by atoms with E-state index in [0.717, 1.165) is 6.07 Å². The zero-order valence-electron chi connectivity index (χ0n) is 7.88. The summed E-state index contributed by atoms with van der Waals surface area (Å²) in [6, 6.07) is 3.90. The van der Waals surface area contributed by atoms with Crippen LogP contribution in [0.4, 0.5) is 8.78 Å². The minimum Gasteiger partial charge on any atom is -0.478 e. The minimum absolute atomic E-state index is 0.0229. The van der Waals surface area contributed by atoms with E-state index in [2.05, 4.69) is 15.9 Å². The number of hydrogen-bond donors (Lipinski definition) is 1. The van der Waals surface area contributed by atoms with Crippen molar-refractivity contribution in [3.8, 4) is 6.07 Å². The van der Waals surface area contributed by atoms with Gasteiger partial charge in [-0.15, -0.1) is 0 Å². The molecule has 1 aromatic carbocycles. The molecule has 84 valence electrons. The summed E-state index contributed by atoms with van der Waals surface area (Å²) in [5.74, 6) is -1.42. The van der Waals surface area contributed by atoms with Crippen LogP contribution in [-0.2, 0) is 5.33 Å². The number of aromatic carboxylic acids is 1. The Balaban J connectivity index is 3.55. The molecule has 1 aromatic rings. The largest absolute Gasteiger partial charge is 0.478 e. The van der Waals surface area contributed by atoms with Crippen molar-refractivity contribution in [1.29, 1.82) is 5.26 Å². The second-order valence-electron chi connectivity index (χ2n) is 2.95. The molecule has 0 saturated carbocycles. The van der Waals surface area contributed by atoms with Gasteiger partial charge in [0.2, 0.25) is 0 Å². The SMILES string of the molecule is N#Cc1cc(CBr)c(C(=O)O)c(C(F)F)c1. The molecule has 0 fully saturated rings. The Morgan fingerprint density at radius 1 is 1.56 bits per heavy atom. The van der Waals surface area contributed by atoms with E-state index in [1.807, 2.05) is 0 Å². The Labute approximate surface area is 98.4 Å². The molecule has 0 bridgehead atoms. The van der Waals surface area contributed by atoms with Gasteiger partial charge in [0.15, 0.2) is 0 Å². The average molecular weight is 290 g/mol. The molecule has 0 radical (unpaired) electrons. The van der Waals surface area contributed by atoms with Gasteiger partial charge in [0, 0.05) is 10.9 Å². The molecule has 0 saturated heterocycles. The smallest absolute Gasteiger partial charge is 0.336 e. The lowest BCUT2D eigenvalue weighted by Gasteiger charge is -2.09. The zero-order valence-corrected chi connectivity index (χ0v) is 9.46.